The second kappa shape index (κ2) is 8.98. The summed E-state index contributed by atoms with van der Waals surface area (Å²) in [5.41, 5.74) is 3.92. The van der Waals surface area contributed by atoms with E-state index in [2.05, 4.69) is 10.3 Å². The summed E-state index contributed by atoms with van der Waals surface area (Å²) in [5.74, 6) is -0.726. The molecule has 2 amide bonds. The van der Waals surface area contributed by atoms with Crippen LogP contribution in [0.1, 0.15) is 16.7 Å². The molecule has 154 valence electrons. The standard InChI is InChI=1S/C25H20ClN3O2/c1-29-21-10-6-5-9-20(21)23(18-7-3-2-4-8-18)28-24(25(29)31)27-22(30)16-13-17-11-14-19(26)15-12-17/h2-16,24H,1H3,(H,27,30)/t24-/m1/s1. The zero-order valence-corrected chi connectivity index (χ0v) is 17.6. The molecule has 0 fully saturated rings. The highest BCUT2D eigenvalue weighted by Gasteiger charge is 2.30. The van der Waals surface area contributed by atoms with Crippen LogP contribution in [-0.4, -0.2) is 30.7 Å². The summed E-state index contributed by atoms with van der Waals surface area (Å²) in [6, 6.07) is 24.3. The molecule has 3 aromatic rings. The summed E-state index contributed by atoms with van der Waals surface area (Å²) in [5, 5.41) is 3.35. The number of benzodiazepines with no additional fused rings is 1. The van der Waals surface area contributed by atoms with E-state index in [4.69, 9.17) is 11.6 Å². The summed E-state index contributed by atoms with van der Waals surface area (Å²) >= 11 is 5.89. The Bertz CT molecular complexity index is 1170. The molecule has 0 aromatic heterocycles. The molecule has 0 aliphatic carbocycles. The Kier molecular flexibility index (Phi) is 5.96. The molecular weight excluding hydrogens is 410 g/mol. The molecule has 0 radical (unpaired) electrons. The van der Waals surface area contributed by atoms with Crippen molar-refractivity contribution in [2.24, 2.45) is 4.99 Å². The fourth-order valence-corrected chi connectivity index (χ4v) is 3.50. The van der Waals surface area contributed by atoms with Gasteiger partial charge in [-0.2, -0.15) is 0 Å². The Hall–Kier alpha value is -3.70. The van der Waals surface area contributed by atoms with E-state index in [1.807, 2.05) is 54.6 Å². The van der Waals surface area contributed by atoms with Crippen LogP contribution in [0.2, 0.25) is 5.02 Å². The lowest BCUT2D eigenvalue weighted by molar-refractivity contribution is -0.124. The number of anilines is 1. The molecule has 1 atom stereocenters. The monoisotopic (exact) mass is 429 g/mol. The number of halogens is 1. The Morgan fingerprint density at radius 1 is 1.00 bits per heavy atom. The molecule has 0 bridgehead atoms. The van der Waals surface area contributed by atoms with Crippen molar-refractivity contribution in [3.8, 4) is 0 Å². The molecule has 0 saturated heterocycles. The maximum absolute atomic E-state index is 13.1. The van der Waals surface area contributed by atoms with Gasteiger partial charge in [-0.3, -0.25) is 9.59 Å². The van der Waals surface area contributed by atoms with E-state index < -0.39 is 12.1 Å². The molecule has 6 heteroatoms. The predicted molar refractivity (Wildman–Crippen MR) is 124 cm³/mol. The van der Waals surface area contributed by atoms with Gasteiger partial charge in [-0.1, -0.05) is 72.3 Å². The molecule has 0 unspecified atom stereocenters. The van der Waals surface area contributed by atoms with Gasteiger partial charge in [0.1, 0.15) is 0 Å². The van der Waals surface area contributed by atoms with Gasteiger partial charge in [0.25, 0.3) is 5.91 Å². The Labute approximate surface area is 185 Å². The molecule has 0 saturated carbocycles. The fourth-order valence-electron chi connectivity index (χ4n) is 3.37. The van der Waals surface area contributed by atoms with Crippen molar-refractivity contribution >= 4 is 40.9 Å². The fraction of sp³-hybridized carbons (Fsp3) is 0.0800. The maximum Gasteiger partial charge on any atom is 0.272 e. The Morgan fingerprint density at radius 2 is 1.68 bits per heavy atom. The Balaban J connectivity index is 1.66. The van der Waals surface area contributed by atoms with Crippen LogP contribution in [0.15, 0.2) is 89.9 Å². The number of nitrogens with zero attached hydrogens (tertiary/aromatic N) is 2. The number of likely N-dealkylation sites (N-methyl/N-ethyl adjacent to an activating group) is 1. The van der Waals surface area contributed by atoms with Crippen LogP contribution in [0.4, 0.5) is 5.69 Å². The van der Waals surface area contributed by atoms with Gasteiger partial charge in [-0.05, 0) is 29.8 Å². The van der Waals surface area contributed by atoms with E-state index in [0.717, 1.165) is 22.4 Å². The first-order valence-electron chi connectivity index (χ1n) is 9.77. The first-order valence-corrected chi connectivity index (χ1v) is 10.1. The molecule has 31 heavy (non-hydrogen) atoms. The average molecular weight is 430 g/mol. The van der Waals surface area contributed by atoms with Crippen molar-refractivity contribution in [3.63, 3.8) is 0 Å². The zero-order valence-electron chi connectivity index (χ0n) is 16.8. The second-order valence-corrected chi connectivity index (χ2v) is 7.49. The topological polar surface area (TPSA) is 61.8 Å². The molecule has 1 aliphatic heterocycles. The van der Waals surface area contributed by atoms with Crippen LogP contribution in [0.5, 0.6) is 0 Å². The number of hydrogen-bond acceptors (Lipinski definition) is 3. The van der Waals surface area contributed by atoms with Crippen molar-refractivity contribution in [2.45, 2.75) is 6.17 Å². The number of aliphatic imine (C=N–C) groups is 1. The maximum atomic E-state index is 13.1. The Morgan fingerprint density at radius 3 is 2.42 bits per heavy atom. The van der Waals surface area contributed by atoms with E-state index >= 15 is 0 Å². The minimum Gasteiger partial charge on any atom is -0.323 e. The number of rotatable bonds is 4. The van der Waals surface area contributed by atoms with E-state index in [9.17, 15) is 9.59 Å². The lowest BCUT2D eigenvalue weighted by Gasteiger charge is -2.20. The third-order valence-corrected chi connectivity index (χ3v) is 5.22. The second-order valence-electron chi connectivity index (χ2n) is 7.05. The van der Waals surface area contributed by atoms with Crippen LogP contribution < -0.4 is 10.2 Å². The summed E-state index contributed by atoms with van der Waals surface area (Å²) in [6.07, 6.45) is 1.99. The van der Waals surface area contributed by atoms with Gasteiger partial charge >= 0.3 is 0 Å². The van der Waals surface area contributed by atoms with Crippen LogP contribution in [0.25, 0.3) is 6.08 Å². The largest absolute Gasteiger partial charge is 0.323 e. The lowest BCUT2D eigenvalue weighted by Crippen LogP contribution is -2.45. The number of fused-ring (bicyclic) bond motifs is 1. The van der Waals surface area contributed by atoms with Crippen molar-refractivity contribution < 1.29 is 9.59 Å². The smallest absolute Gasteiger partial charge is 0.272 e. The number of para-hydroxylation sites is 1. The molecule has 1 heterocycles. The zero-order chi connectivity index (χ0) is 21.8. The van der Waals surface area contributed by atoms with E-state index in [0.29, 0.717) is 10.7 Å². The minimum atomic E-state index is -1.05. The molecule has 3 aromatic carbocycles. The van der Waals surface area contributed by atoms with Crippen LogP contribution in [-0.2, 0) is 9.59 Å². The van der Waals surface area contributed by atoms with Gasteiger partial charge in [0, 0.05) is 29.3 Å². The van der Waals surface area contributed by atoms with Gasteiger partial charge in [-0.25, -0.2) is 4.99 Å². The van der Waals surface area contributed by atoms with Gasteiger partial charge in [0.05, 0.1) is 11.4 Å². The summed E-state index contributed by atoms with van der Waals surface area (Å²) in [6.45, 7) is 0. The molecule has 5 nitrogen and oxygen atoms in total. The van der Waals surface area contributed by atoms with Crippen molar-refractivity contribution in [1.82, 2.24) is 5.32 Å². The first kappa shape index (κ1) is 20.6. The molecule has 0 spiro atoms. The average Bonchev–Trinajstić information content (AvgIpc) is 2.90. The van der Waals surface area contributed by atoms with Crippen LogP contribution in [0.3, 0.4) is 0 Å². The number of carbonyl (C=O) groups excluding carboxylic acids is 2. The van der Waals surface area contributed by atoms with E-state index in [1.54, 1.807) is 37.4 Å². The molecule has 1 N–H and O–H groups in total. The number of benzene rings is 3. The number of amides is 2. The lowest BCUT2D eigenvalue weighted by atomic mass is 10.0. The number of carbonyl (C=O) groups is 2. The quantitative estimate of drug-likeness (QED) is 0.628. The normalized spacial score (nSPS) is 15.9. The highest BCUT2D eigenvalue weighted by molar-refractivity contribution is 6.30. The van der Waals surface area contributed by atoms with Crippen molar-refractivity contribution in [1.29, 1.82) is 0 Å². The SMILES string of the molecule is CN1C(=O)[C@H](NC(=O)C=Cc2ccc(Cl)cc2)N=C(c2ccccc2)c2ccccc21. The van der Waals surface area contributed by atoms with Crippen molar-refractivity contribution in [2.75, 3.05) is 11.9 Å². The third-order valence-electron chi connectivity index (χ3n) is 4.97. The predicted octanol–water partition coefficient (Wildman–Crippen LogP) is 4.31. The molecular formula is C25H20ClN3O2. The summed E-state index contributed by atoms with van der Waals surface area (Å²) < 4.78 is 0. The van der Waals surface area contributed by atoms with Gasteiger partial charge in [0.2, 0.25) is 12.1 Å². The van der Waals surface area contributed by atoms with Crippen LogP contribution >= 0.6 is 11.6 Å². The van der Waals surface area contributed by atoms with Crippen LogP contribution in [0, 0.1) is 0 Å². The third kappa shape index (κ3) is 4.57. The molecule has 1 aliphatic rings. The highest BCUT2D eigenvalue weighted by Crippen LogP contribution is 2.27. The number of hydrogen-bond donors (Lipinski definition) is 1. The van der Waals surface area contributed by atoms with E-state index in [1.165, 1.54) is 11.0 Å². The highest BCUT2D eigenvalue weighted by atomic mass is 35.5. The molecule has 4 rings (SSSR count). The minimum absolute atomic E-state index is 0.313. The summed E-state index contributed by atoms with van der Waals surface area (Å²) in [7, 11) is 1.69. The summed E-state index contributed by atoms with van der Waals surface area (Å²) in [4.78, 5) is 31.9. The van der Waals surface area contributed by atoms with Gasteiger partial charge in [0.15, 0.2) is 0 Å². The first-order chi connectivity index (χ1) is 15.0. The number of nitrogens with one attached hydrogen (secondary N) is 1. The van der Waals surface area contributed by atoms with Gasteiger partial charge < -0.3 is 10.2 Å². The van der Waals surface area contributed by atoms with E-state index in [-0.39, 0.29) is 5.91 Å². The van der Waals surface area contributed by atoms with Gasteiger partial charge in [-0.15, -0.1) is 0 Å². The van der Waals surface area contributed by atoms with Crippen molar-refractivity contribution in [3.05, 3.63) is 107 Å².